The normalized spacial score (nSPS) is 25.9. The highest BCUT2D eigenvalue weighted by atomic mass is 16.5. The van der Waals surface area contributed by atoms with Crippen LogP contribution < -0.4 is 9.47 Å². The third-order valence-corrected chi connectivity index (χ3v) is 6.34. The number of hydrogen-bond acceptors (Lipinski definition) is 3. The van der Waals surface area contributed by atoms with Gasteiger partial charge < -0.3 is 14.4 Å². The topological polar surface area (TPSA) is 38.8 Å². The molecule has 4 heteroatoms. The van der Waals surface area contributed by atoms with Gasteiger partial charge in [-0.15, -0.1) is 0 Å². The first kappa shape index (κ1) is 15.7. The van der Waals surface area contributed by atoms with Gasteiger partial charge in [-0.3, -0.25) is 4.79 Å². The molecule has 0 aromatic heterocycles. The van der Waals surface area contributed by atoms with Crippen molar-refractivity contribution in [3.63, 3.8) is 0 Å². The zero-order chi connectivity index (χ0) is 17.7. The van der Waals surface area contributed by atoms with E-state index in [0.717, 1.165) is 49.4 Å². The van der Waals surface area contributed by atoms with Crippen molar-refractivity contribution in [1.82, 2.24) is 4.90 Å². The zero-order valence-electron chi connectivity index (χ0n) is 15.0. The second kappa shape index (κ2) is 5.76. The van der Waals surface area contributed by atoms with Crippen LogP contribution in [0.15, 0.2) is 42.5 Å². The number of methoxy groups -OCH3 is 1. The lowest BCUT2D eigenvalue weighted by Crippen LogP contribution is -2.39. The Bertz CT molecular complexity index is 877. The summed E-state index contributed by atoms with van der Waals surface area (Å²) >= 11 is 0. The summed E-state index contributed by atoms with van der Waals surface area (Å²) in [5, 5.41) is 0. The Hall–Kier alpha value is -2.49. The maximum Gasteiger partial charge on any atom is 0.226 e. The van der Waals surface area contributed by atoms with E-state index in [1.165, 1.54) is 11.1 Å². The molecule has 5 rings (SSSR count). The summed E-state index contributed by atoms with van der Waals surface area (Å²) in [6, 6.07) is 14.4. The van der Waals surface area contributed by atoms with Crippen LogP contribution >= 0.6 is 0 Å². The first-order chi connectivity index (χ1) is 12.7. The quantitative estimate of drug-likeness (QED) is 0.835. The Labute approximate surface area is 153 Å². The van der Waals surface area contributed by atoms with Crippen molar-refractivity contribution in [3.05, 3.63) is 59.2 Å². The molecule has 0 radical (unpaired) electrons. The van der Waals surface area contributed by atoms with Crippen molar-refractivity contribution >= 4 is 5.91 Å². The minimum absolute atomic E-state index is 0.0594. The average Bonchev–Trinajstić information content (AvgIpc) is 3.41. The molecule has 1 amide bonds. The van der Waals surface area contributed by atoms with Gasteiger partial charge in [-0.2, -0.15) is 0 Å². The number of carbonyl (C=O) groups is 1. The van der Waals surface area contributed by atoms with Crippen molar-refractivity contribution in [3.8, 4) is 11.5 Å². The Morgan fingerprint density at radius 1 is 1.23 bits per heavy atom. The maximum atomic E-state index is 13.3. The molecule has 4 nitrogen and oxygen atoms in total. The number of nitrogens with zero attached hydrogens (tertiary/aromatic N) is 1. The van der Waals surface area contributed by atoms with Crippen LogP contribution in [-0.4, -0.2) is 31.1 Å². The van der Waals surface area contributed by atoms with Gasteiger partial charge in [0.2, 0.25) is 5.91 Å². The van der Waals surface area contributed by atoms with Crippen molar-refractivity contribution in [2.45, 2.75) is 31.2 Å². The van der Waals surface area contributed by atoms with Gasteiger partial charge in [0, 0.05) is 30.0 Å². The lowest BCUT2D eigenvalue weighted by molar-refractivity contribution is -0.134. The molecule has 1 aliphatic carbocycles. The molecule has 0 saturated heterocycles. The van der Waals surface area contributed by atoms with Crippen molar-refractivity contribution < 1.29 is 14.3 Å². The van der Waals surface area contributed by atoms with Crippen molar-refractivity contribution in [2.24, 2.45) is 5.92 Å². The molecular weight excluding hydrogens is 326 g/mol. The van der Waals surface area contributed by atoms with E-state index in [4.69, 9.17) is 9.47 Å². The summed E-state index contributed by atoms with van der Waals surface area (Å²) in [4.78, 5) is 15.3. The lowest BCUT2D eigenvalue weighted by atomic mass is 9.87. The van der Waals surface area contributed by atoms with Crippen LogP contribution in [0.2, 0.25) is 0 Å². The first-order valence-corrected chi connectivity index (χ1v) is 9.38. The maximum absolute atomic E-state index is 13.3. The highest BCUT2D eigenvalue weighted by Gasteiger charge is 2.62. The first-order valence-electron chi connectivity index (χ1n) is 9.38. The van der Waals surface area contributed by atoms with E-state index in [0.29, 0.717) is 12.5 Å². The summed E-state index contributed by atoms with van der Waals surface area (Å²) in [5.74, 6) is 2.12. The van der Waals surface area contributed by atoms with Gasteiger partial charge in [0.25, 0.3) is 0 Å². The van der Waals surface area contributed by atoms with Gasteiger partial charge in [0.05, 0.1) is 13.7 Å². The van der Waals surface area contributed by atoms with Gasteiger partial charge in [0.1, 0.15) is 11.5 Å². The smallest absolute Gasteiger partial charge is 0.226 e. The summed E-state index contributed by atoms with van der Waals surface area (Å²) < 4.78 is 11.2. The number of carbonyl (C=O) groups excluding carboxylic acids is 1. The summed E-state index contributed by atoms with van der Waals surface area (Å²) in [6.07, 6.45) is 2.79. The number of rotatable bonds is 2. The molecule has 2 atom stereocenters. The number of amides is 1. The second-order valence-electron chi connectivity index (χ2n) is 7.65. The Kier molecular flexibility index (Phi) is 3.49. The fraction of sp³-hybridized carbons (Fsp3) is 0.409. The molecule has 1 spiro atoms. The summed E-state index contributed by atoms with van der Waals surface area (Å²) in [7, 11) is 1.68. The minimum Gasteiger partial charge on any atom is -0.497 e. The molecule has 26 heavy (non-hydrogen) atoms. The highest BCUT2D eigenvalue weighted by molar-refractivity contribution is 5.85. The predicted octanol–water partition coefficient (Wildman–Crippen LogP) is 3.32. The molecular formula is C22H23NO3. The van der Waals surface area contributed by atoms with E-state index in [2.05, 4.69) is 35.2 Å². The molecule has 1 saturated carbocycles. The van der Waals surface area contributed by atoms with Gasteiger partial charge in [-0.25, -0.2) is 0 Å². The standard InChI is InChI=1S/C22H23NO3/c1-25-17-6-7-20-18(12-17)22(9-11-26-20)13-19(22)21(24)23-10-8-15-4-2-3-5-16(15)14-23/h2-7,12,19H,8-11,13-14H2,1H3/t19-,22-/m1/s1. The molecule has 0 bridgehead atoms. The Morgan fingerprint density at radius 2 is 2.08 bits per heavy atom. The van der Waals surface area contributed by atoms with E-state index < -0.39 is 0 Å². The Morgan fingerprint density at radius 3 is 2.92 bits per heavy atom. The number of fused-ring (bicyclic) bond motifs is 3. The summed E-state index contributed by atoms with van der Waals surface area (Å²) in [6.45, 7) is 2.25. The van der Waals surface area contributed by atoms with Crippen LogP contribution in [0.3, 0.4) is 0 Å². The van der Waals surface area contributed by atoms with E-state index in [1.807, 2.05) is 12.1 Å². The van der Waals surface area contributed by atoms with Crippen LogP contribution in [0.1, 0.15) is 29.5 Å². The fourth-order valence-corrected chi connectivity index (χ4v) is 4.74. The Balaban J connectivity index is 1.40. The highest BCUT2D eigenvalue weighted by Crippen LogP contribution is 2.61. The predicted molar refractivity (Wildman–Crippen MR) is 98.5 cm³/mol. The molecule has 2 aromatic carbocycles. The van der Waals surface area contributed by atoms with E-state index in [-0.39, 0.29) is 11.3 Å². The zero-order valence-corrected chi connectivity index (χ0v) is 15.0. The molecule has 2 aromatic rings. The second-order valence-corrected chi connectivity index (χ2v) is 7.65. The molecule has 2 heterocycles. The van der Waals surface area contributed by atoms with Crippen LogP contribution in [0.25, 0.3) is 0 Å². The molecule has 1 fully saturated rings. The van der Waals surface area contributed by atoms with Gasteiger partial charge >= 0.3 is 0 Å². The number of hydrogen-bond donors (Lipinski definition) is 0. The molecule has 0 unspecified atom stereocenters. The lowest BCUT2D eigenvalue weighted by Gasteiger charge is -2.31. The number of ether oxygens (including phenoxy) is 2. The van der Waals surface area contributed by atoms with E-state index >= 15 is 0 Å². The third kappa shape index (κ3) is 2.32. The van der Waals surface area contributed by atoms with Crippen molar-refractivity contribution in [2.75, 3.05) is 20.3 Å². The third-order valence-electron chi connectivity index (χ3n) is 6.34. The average molecular weight is 349 g/mol. The van der Waals surface area contributed by atoms with E-state index in [9.17, 15) is 4.79 Å². The SMILES string of the molecule is COc1ccc2c(c1)[C@@]1(CCO2)C[C@@H]1C(=O)N1CCc2ccccc2C1. The monoisotopic (exact) mass is 349 g/mol. The summed E-state index contributed by atoms with van der Waals surface area (Å²) in [5.41, 5.74) is 3.76. The molecule has 3 aliphatic rings. The van der Waals surface area contributed by atoms with Crippen LogP contribution in [0.4, 0.5) is 0 Å². The largest absolute Gasteiger partial charge is 0.497 e. The van der Waals surface area contributed by atoms with E-state index in [1.54, 1.807) is 7.11 Å². The van der Waals surface area contributed by atoms with Gasteiger partial charge in [-0.05, 0) is 48.6 Å². The fourth-order valence-electron chi connectivity index (χ4n) is 4.74. The van der Waals surface area contributed by atoms with Crippen molar-refractivity contribution in [1.29, 1.82) is 0 Å². The molecule has 134 valence electrons. The minimum atomic E-state index is -0.0594. The van der Waals surface area contributed by atoms with Crippen LogP contribution in [-0.2, 0) is 23.2 Å². The van der Waals surface area contributed by atoms with Gasteiger partial charge in [0.15, 0.2) is 0 Å². The van der Waals surface area contributed by atoms with Crippen LogP contribution in [0.5, 0.6) is 11.5 Å². The molecule has 0 N–H and O–H groups in total. The number of benzene rings is 2. The van der Waals surface area contributed by atoms with Gasteiger partial charge in [-0.1, -0.05) is 24.3 Å². The molecule has 2 aliphatic heterocycles. The van der Waals surface area contributed by atoms with Crippen LogP contribution in [0, 0.1) is 5.92 Å².